The Bertz CT molecular complexity index is 515. The maximum absolute atomic E-state index is 4.25. The lowest BCUT2D eigenvalue weighted by molar-refractivity contribution is -0.595. The quantitative estimate of drug-likeness (QED) is 0.618. The van der Waals surface area contributed by atoms with Gasteiger partial charge in [0.05, 0.1) is 6.54 Å². The Kier molecular flexibility index (Phi) is 1.85. The van der Waals surface area contributed by atoms with E-state index in [4.69, 9.17) is 0 Å². The minimum absolute atomic E-state index is 0.828. The molecule has 1 aromatic heterocycles. The number of aliphatic imine (C=N–C) groups is 1. The molecule has 0 saturated heterocycles. The zero-order chi connectivity index (χ0) is 10.1. The zero-order valence-corrected chi connectivity index (χ0v) is 8.30. The predicted octanol–water partition coefficient (Wildman–Crippen LogP) is 1.90. The van der Waals surface area contributed by atoms with Crippen molar-refractivity contribution in [1.82, 2.24) is 0 Å². The average molecular weight is 195 g/mol. The molecule has 1 aliphatic heterocycles. The SMILES string of the molecule is C1=NCc2ccc(-[n+]3ccccc3)cc21. The highest BCUT2D eigenvalue weighted by Gasteiger charge is 2.10. The second-order valence-electron chi connectivity index (χ2n) is 3.64. The Morgan fingerprint density at radius 2 is 1.93 bits per heavy atom. The first-order valence-electron chi connectivity index (χ1n) is 5.03. The molecule has 0 aliphatic carbocycles. The first kappa shape index (κ1) is 8.36. The lowest BCUT2D eigenvalue weighted by atomic mass is 10.1. The number of benzene rings is 1. The minimum Gasteiger partial charge on any atom is -0.288 e. The molecule has 0 amide bonds. The van der Waals surface area contributed by atoms with E-state index in [1.165, 1.54) is 16.8 Å². The van der Waals surface area contributed by atoms with Crippen molar-refractivity contribution in [3.63, 3.8) is 0 Å². The Morgan fingerprint density at radius 1 is 1.07 bits per heavy atom. The van der Waals surface area contributed by atoms with Gasteiger partial charge in [-0.3, -0.25) is 4.99 Å². The monoisotopic (exact) mass is 195 g/mol. The van der Waals surface area contributed by atoms with Gasteiger partial charge in [-0.2, -0.15) is 4.57 Å². The van der Waals surface area contributed by atoms with E-state index in [0.29, 0.717) is 0 Å². The summed E-state index contributed by atoms with van der Waals surface area (Å²) >= 11 is 0. The first-order chi connectivity index (χ1) is 7.43. The summed E-state index contributed by atoms with van der Waals surface area (Å²) in [6, 6.07) is 12.5. The third-order valence-corrected chi connectivity index (χ3v) is 2.64. The van der Waals surface area contributed by atoms with Crippen LogP contribution in [0.25, 0.3) is 5.69 Å². The Morgan fingerprint density at radius 3 is 2.80 bits per heavy atom. The molecule has 1 aliphatic rings. The van der Waals surface area contributed by atoms with Crippen LogP contribution in [0.4, 0.5) is 0 Å². The van der Waals surface area contributed by atoms with Crippen LogP contribution in [0.5, 0.6) is 0 Å². The Hall–Kier alpha value is -1.96. The third kappa shape index (κ3) is 1.44. The van der Waals surface area contributed by atoms with Gasteiger partial charge in [-0.05, 0) is 11.6 Å². The van der Waals surface area contributed by atoms with Gasteiger partial charge in [0.15, 0.2) is 12.4 Å². The second kappa shape index (κ2) is 3.31. The van der Waals surface area contributed by atoms with Crippen LogP contribution >= 0.6 is 0 Å². The van der Waals surface area contributed by atoms with Crippen molar-refractivity contribution in [3.8, 4) is 5.69 Å². The summed E-state index contributed by atoms with van der Waals surface area (Å²) in [5.74, 6) is 0. The summed E-state index contributed by atoms with van der Waals surface area (Å²) in [5, 5.41) is 0. The van der Waals surface area contributed by atoms with Crippen molar-refractivity contribution in [2.45, 2.75) is 6.54 Å². The van der Waals surface area contributed by atoms with Gasteiger partial charge in [0.25, 0.3) is 0 Å². The van der Waals surface area contributed by atoms with E-state index in [1.807, 2.05) is 36.8 Å². The fourth-order valence-corrected chi connectivity index (χ4v) is 1.82. The molecule has 0 N–H and O–H groups in total. The van der Waals surface area contributed by atoms with Crippen LogP contribution in [0.1, 0.15) is 11.1 Å². The maximum Gasteiger partial charge on any atom is 0.211 e. The smallest absolute Gasteiger partial charge is 0.211 e. The third-order valence-electron chi connectivity index (χ3n) is 2.64. The van der Waals surface area contributed by atoms with Crippen LogP contribution in [0.3, 0.4) is 0 Å². The van der Waals surface area contributed by atoms with Gasteiger partial charge < -0.3 is 0 Å². The van der Waals surface area contributed by atoms with Gasteiger partial charge in [-0.25, -0.2) is 0 Å². The van der Waals surface area contributed by atoms with Crippen LogP contribution in [-0.2, 0) is 6.54 Å². The molecule has 0 radical (unpaired) electrons. The van der Waals surface area contributed by atoms with E-state index < -0.39 is 0 Å². The number of nitrogens with zero attached hydrogens (tertiary/aromatic N) is 2. The van der Waals surface area contributed by atoms with Crippen LogP contribution in [0, 0.1) is 0 Å². The largest absolute Gasteiger partial charge is 0.288 e. The highest BCUT2D eigenvalue weighted by atomic mass is 14.9. The topological polar surface area (TPSA) is 16.2 Å². The molecule has 72 valence electrons. The molecule has 2 nitrogen and oxygen atoms in total. The van der Waals surface area contributed by atoms with E-state index in [0.717, 1.165) is 6.54 Å². The minimum atomic E-state index is 0.828. The maximum atomic E-state index is 4.25. The molecule has 0 fully saturated rings. The van der Waals surface area contributed by atoms with Crippen LogP contribution < -0.4 is 4.57 Å². The molecule has 2 heteroatoms. The van der Waals surface area contributed by atoms with E-state index in [-0.39, 0.29) is 0 Å². The van der Waals surface area contributed by atoms with Gasteiger partial charge in [-0.15, -0.1) is 0 Å². The highest BCUT2D eigenvalue weighted by molar-refractivity contribution is 5.84. The van der Waals surface area contributed by atoms with Gasteiger partial charge in [-0.1, -0.05) is 6.07 Å². The van der Waals surface area contributed by atoms with Crippen molar-refractivity contribution in [3.05, 3.63) is 59.9 Å². The van der Waals surface area contributed by atoms with Crippen molar-refractivity contribution < 1.29 is 4.57 Å². The van der Waals surface area contributed by atoms with Gasteiger partial charge in [0.2, 0.25) is 5.69 Å². The average Bonchev–Trinajstić information content (AvgIpc) is 2.77. The summed E-state index contributed by atoms with van der Waals surface area (Å²) in [7, 11) is 0. The molecule has 0 saturated carbocycles. The lowest BCUT2D eigenvalue weighted by Gasteiger charge is -1.98. The predicted molar refractivity (Wildman–Crippen MR) is 59.3 cm³/mol. The van der Waals surface area contributed by atoms with E-state index in [9.17, 15) is 0 Å². The van der Waals surface area contributed by atoms with Crippen molar-refractivity contribution in [1.29, 1.82) is 0 Å². The number of pyridine rings is 1. The van der Waals surface area contributed by atoms with Crippen LogP contribution in [0.2, 0.25) is 0 Å². The fourth-order valence-electron chi connectivity index (χ4n) is 1.82. The lowest BCUT2D eigenvalue weighted by Crippen LogP contribution is -2.28. The summed E-state index contributed by atoms with van der Waals surface area (Å²) in [4.78, 5) is 4.25. The van der Waals surface area contributed by atoms with Crippen LogP contribution in [0.15, 0.2) is 53.8 Å². The van der Waals surface area contributed by atoms with Crippen molar-refractivity contribution >= 4 is 6.21 Å². The molecule has 0 spiro atoms. The van der Waals surface area contributed by atoms with Crippen molar-refractivity contribution in [2.24, 2.45) is 4.99 Å². The molecule has 0 atom stereocenters. The summed E-state index contributed by atoms with van der Waals surface area (Å²) < 4.78 is 2.10. The number of hydrogen-bond donors (Lipinski definition) is 0. The number of fused-ring (bicyclic) bond motifs is 1. The first-order valence-corrected chi connectivity index (χ1v) is 5.03. The molecule has 1 aromatic carbocycles. The van der Waals surface area contributed by atoms with E-state index in [1.54, 1.807) is 0 Å². The second-order valence-corrected chi connectivity index (χ2v) is 3.64. The molecule has 3 rings (SSSR count). The molecule has 0 unspecified atom stereocenters. The molecule has 15 heavy (non-hydrogen) atoms. The standard InChI is InChI=1S/C13H11N2/c1-2-6-15(7-3-1)13-5-4-11-9-14-10-12(11)8-13/h1-8,10H,9H2/q+1. The Balaban J connectivity index is 2.11. The summed E-state index contributed by atoms with van der Waals surface area (Å²) in [6.45, 7) is 0.828. The molecule has 0 bridgehead atoms. The van der Waals surface area contributed by atoms with E-state index >= 15 is 0 Å². The molecule has 2 aromatic rings. The summed E-state index contributed by atoms with van der Waals surface area (Å²) in [5.41, 5.74) is 3.74. The molecule has 2 heterocycles. The summed E-state index contributed by atoms with van der Waals surface area (Å²) in [6.07, 6.45) is 6.05. The van der Waals surface area contributed by atoms with Gasteiger partial charge >= 0.3 is 0 Å². The number of aromatic nitrogens is 1. The number of rotatable bonds is 1. The fraction of sp³-hybridized carbons (Fsp3) is 0.0769. The van der Waals surface area contributed by atoms with Crippen molar-refractivity contribution in [2.75, 3.05) is 0 Å². The zero-order valence-electron chi connectivity index (χ0n) is 8.30. The highest BCUT2D eigenvalue weighted by Crippen LogP contribution is 2.15. The molecular formula is C13H11N2+. The van der Waals surface area contributed by atoms with Gasteiger partial charge in [0.1, 0.15) is 0 Å². The molecular weight excluding hydrogens is 184 g/mol. The Labute approximate surface area is 88.5 Å². The number of hydrogen-bond acceptors (Lipinski definition) is 1. The van der Waals surface area contributed by atoms with Crippen LogP contribution in [-0.4, -0.2) is 6.21 Å². The van der Waals surface area contributed by atoms with E-state index in [2.05, 4.69) is 27.8 Å². The van der Waals surface area contributed by atoms with Gasteiger partial charge in [0, 0.05) is 36.0 Å². The normalized spacial score (nSPS) is 12.8.